The lowest BCUT2D eigenvalue weighted by Crippen LogP contribution is -2.37. The van der Waals surface area contributed by atoms with E-state index in [-0.39, 0.29) is 0 Å². The highest BCUT2D eigenvalue weighted by atomic mass is 16.7. The number of aliphatic hydroxyl groups excluding tert-OH is 3. The Morgan fingerprint density at radius 3 is 2.50 bits per heavy atom. The van der Waals surface area contributed by atoms with Gasteiger partial charge in [-0.2, -0.15) is 0 Å². The molecule has 3 N–H and O–H groups in total. The van der Waals surface area contributed by atoms with Crippen molar-refractivity contribution in [2.45, 2.75) is 24.6 Å². The average molecular weight is 254 g/mol. The molecule has 6 nitrogen and oxygen atoms in total. The quantitative estimate of drug-likeness (QED) is 0.616. The lowest BCUT2D eigenvalue weighted by atomic mass is 10.1. The molecule has 1 aliphatic heterocycles. The van der Waals surface area contributed by atoms with Gasteiger partial charge in [-0.25, -0.2) is 4.79 Å². The molecule has 98 valence electrons. The number of aliphatic hydroxyl groups is 3. The molecule has 0 unspecified atom stereocenters. The zero-order chi connectivity index (χ0) is 13.1. The van der Waals surface area contributed by atoms with E-state index in [9.17, 15) is 15.0 Å². The predicted octanol–water partition coefficient (Wildman–Crippen LogP) is -0.718. The Labute approximate surface area is 103 Å². The molecule has 0 bridgehead atoms. The first-order valence-electron chi connectivity index (χ1n) is 5.52. The summed E-state index contributed by atoms with van der Waals surface area (Å²) in [4.78, 5) is 11.7. The molecule has 2 rings (SSSR count). The van der Waals surface area contributed by atoms with Crippen molar-refractivity contribution in [3.8, 4) is 0 Å². The van der Waals surface area contributed by atoms with Crippen molar-refractivity contribution in [2.24, 2.45) is 0 Å². The summed E-state index contributed by atoms with van der Waals surface area (Å²) in [5.74, 6) is -0.666. The fourth-order valence-corrected chi connectivity index (χ4v) is 1.76. The van der Waals surface area contributed by atoms with E-state index in [0.717, 1.165) is 0 Å². The van der Waals surface area contributed by atoms with Crippen LogP contribution in [0.3, 0.4) is 0 Å². The molecular weight excluding hydrogens is 240 g/mol. The van der Waals surface area contributed by atoms with Gasteiger partial charge < -0.3 is 24.8 Å². The Balaban J connectivity index is 2.04. The number of hydrogen-bond donors (Lipinski definition) is 3. The van der Waals surface area contributed by atoms with Crippen molar-refractivity contribution in [1.29, 1.82) is 0 Å². The summed E-state index contributed by atoms with van der Waals surface area (Å²) in [6, 6.07) is 8.21. The van der Waals surface area contributed by atoms with Crippen LogP contribution in [0.4, 0.5) is 0 Å². The predicted molar refractivity (Wildman–Crippen MR) is 59.6 cm³/mol. The Hall–Kier alpha value is -1.47. The van der Waals surface area contributed by atoms with Gasteiger partial charge in [0.15, 0.2) is 12.4 Å². The summed E-state index contributed by atoms with van der Waals surface area (Å²) in [7, 11) is 0. The van der Waals surface area contributed by atoms with Gasteiger partial charge in [0.1, 0.15) is 12.2 Å². The number of carbonyl (C=O) groups excluding carboxylic acids is 1. The third kappa shape index (κ3) is 2.51. The highest BCUT2D eigenvalue weighted by Crippen LogP contribution is 2.23. The van der Waals surface area contributed by atoms with Crippen LogP contribution in [-0.2, 0) is 9.47 Å². The molecule has 0 aliphatic carbocycles. The van der Waals surface area contributed by atoms with Crippen molar-refractivity contribution in [3.05, 3.63) is 35.9 Å². The van der Waals surface area contributed by atoms with Gasteiger partial charge in [0.05, 0.1) is 12.2 Å². The van der Waals surface area contributed by atoms with Crippen LogP contribution < -0.4 is 0 Å². The molecule has 1 aliphatic rings. The first kappa shape index (κ1) is 13.0. The fraction of sp³-hybridized carbons (Fsp3) is 0.417. The van der Waals surface area contributed by atoms with E-state index in [1.807, 2.05) is 0 Å². The summed E-state index contributed by atoms with van der Waals surface area (Å²) in [5.41, 5.74) is 0.310. The van der Waals surface area contributed by atoms with Gasteiger partial charge in [-0.05, 0) is 12.1 Å². The number of ether oxygens (including phenoxy) is 2. The van der Waals surface area contributed by atoms with Crippen LogP contribution in [0.25, 0.3) is 0 Å². The molecule has 0 aromatic heterocycles. The van der Waals surface area contributed by atoms with Gasteiger partial charge in [-0.15, -0.1) is 0 Å². The molecular formula is C12H14O6. The third-order valence-electron chi connectivity index (χ3n) is 2.75. The van der Waals surface area contributed by atoms with E-state index in [2.05, 4.69) is 0 Å². The number of benzene rings is 1. The molecule has 1 saturated heterocycles. The Bertz CT molecular complexity index is 406. The second-order valence-corrected chi connectivity index (χ2v) is 3.97. The molecule has 0 amide bonds. The van der Waals surface area contributed by atoms with Gasteiger partial charge >= 0.3 is 5.97 Å². The Kier molecular flexibility index (Phi) is 3.93. The summed E-state index contributed by atoms with van der Waals surface area (Å²) in [6.07, 6.45) is -4.84. The van der Waals surface area contributed by atoms with Crippen molar-refractivity contribution >= 4 is 5.97 Å². The van der Waals surface area contributed by atoms with E-state index in [1.165, 1.54) is 0 Å². The van der Waals surface area contributed by atoms with Gasteiger partial charge in [0, 0.05) is 0 Å². The molecule has 1 heterocycles. The largest absolute Gasteiger partial charge is 0.450 e. The minimum Gasteiger partial charge on any atom is -0.450 e. The molecule has 18 heavy (non-hydrogen) atoms. The summed E-state index contributed by atoms with van der Waals surface area (Å²) >= 11 is 0. The zero-order valence-corrected chi connectivity index (χ0v) is 9.47. The number of hydrogen-bond acceptors (Lipinski definition) is 6. The first-order valence-corrected chi connectivity index (χ1v) is 5.52. The van der Waals surface area contributed by atoms with Crippen molar-refractivity contribution < 1.29 is 29.6 Å². The molecule has 0 saturated carbocycles. The van der Waals surface area contributed by atoms with Gasteiger partial charge in [-0.3, -0.25) is 0 Å². The maximum absolute atomic E-state index is 11.7. The standard InChI is InChI=1S/C12H14O6/c13-6-8-9(14)10(12(16)17-8)18-11(15)7-4-2-1-3-5-7/h1-5,8-10,12-14,16H,6H2/t8-,9-,10+,12+/m1/s1. The van der Waals surface area contributed by atoms with E-state index in [4.69, 9.17) is 14.6 Å². The van der Waals surface area contributed by atoms with Crippen LogP contribution in [0.2, 0.25) is 0 Å². The maximum atomic E-state index is 11.7. The van der Waals surface area contributed by atoms with E-state index >= 15 is 0 Å². The topological polar surface area (TPSA) is 96.2 Å². The van der Waals surface area contributed by atoms with Crippen molar-refractivity contribution in [2.75, 3.05) is 6.61 Å². The van der Waals surface area contributed by atoms with E-state index < -0.39 is 37.2 Å². The van der Waals surface area contributed by atoms with Crippen LogP contribution in [0.1, 0.15) is 10.4 Å². The van der Waals surface area contributed by atoms with E-state index in [0.29, 0.717) is 5.56 Å². The normalized spacial score (nSPS) is 31.3. The minimum absolute atomic E-state index is 0.310. The molecule has 0 spiro atoms. The number of esters is 1. The van der Waals surface area contributed by atoms with Gasteiger partial charge in [-0.1, -0.05) is 18.2 Å². The molecule has 0 radical (unpaired) electrons. The van der Waals surface area contributed by atoms with Gasteiger partial charge in [0.2, 0.25) is 0 Å². The summed E-state index contributed by atoms with van der Waals surface area (Å²) in [5, 5.41) is 28.1. The van der Waals surface area contributed by atoms with Crippen LogP contribution in [0.15, 0.2) is 30.3 Å². The molecule has 1 aromatic rings. The third-order valence-corrected chi connectivity index (χ3v) is 2.75. The monoisotopic (exact) mass is 254 g/mol. The SMILES string of the molecule is O=C(O[C@H]1[C@H](O)[C@@H](CO)O[C@@H]1O)c1ccccc1. The van der Waals surface area contributed by atoms with E-state index in [1.54, 1.807) is 30.3 Å². The highest BCUT2D eigenvalue weighted by Gasteiger charge is 2.45. The van der Waals surface area contributed by atoms with Crippen LogP contribution >= 0.6 is 0 Å². The Morgan fingerprint density at radius 2 is 1.94 bits per heavy atom. The maximum Gasteiger partial charge on any atom is 0.338 e. The lowest BCUT2D eigenvalue weighted by Gasteiger charge is -2.17. The van der Waals surface area contributed by atoms with Crippen LogP contribution in [0, 0.1) is 0 Å². The minimum atomic E-state index is -1.44. The lowest BCUT2D eigenvalue weighted by molar-refractivity contribution is -0.135. The van der Waals surface area contributed by atoms with Crippen molar-refractivity contribution in [3.63, 3.8) is 0 Å². The van der Waals surface area contributed by atoms with Gasteiger partial charge in [0.25, 0.3) is 0 Å². The van der Waals surface area contributed by atoms with Crippen molar-refractivity contribution in [1.82, 2.24) is 0 Å². The average Bonchev–Trinajstić information content (AvgIpc) is 2.67. The number of carbonyl (C=O) groups is 1. The number of rotatable bonds is 3. The fourth-order valence-electron chi connectivity index (χ4n) is 1.76. The summed E-state index contributed by atoms with van der Waals surface area (Å²) < 4.78 is 9.83. The molecule has 1 aromatic carbocycles. The highest BCUT2D eigenvalue weighted by molar-refractivity contribution is 5.89. The second-order valence-electron chi connectivity index (χ2n) is 3.97. The van der Waals surface area contributed by atoms with Crippen LogP contribution in [-0.4, -0.2) is 52.5 Å². The zero-order valence-electron chi connectivity index (χ0n) is 9.47. The molecule has 1 fully saturated rings. The summed E-state index contributed by atoms with van der Waals surface area (Å²) in [6.45, 7) is -0.461. The Morgan fingerprint density at radius 1 is 1.28 bits per heavy atom. The smallest absolute Gasteiger partial charge is 0.338 e. The second kappa shape index (κ2) is 5.45. The first-order chi connectivity index (χ1) is 8.63. The molecule has 4 atom stereocenters. The van der Waals surface area contributed by atoms with Crippen LogP contribution in [0.5, 0.6) is 0 Å². The molecule has 6 heteroatoms.